The topological polar surface area (TPSA) is 60.3 Å². The number of amides is 1. The Labute approximate surface area is 191 Å². The molecule has 0 radical (unpaired) electrons. The summed E-state index contributed by atoms with van der Waals surface area (Å²) in [6.07, 6.45) is 0. The zero-order chi connectivity index (χ0) is 23.0. The molecule has 0 saturated heterocycles. The molecule has 6 heteroatoms. The van der Waals surface area contributed by atoms with Gasteiger partial charge in [0, 0.05) is 27.9 Å². The number of aryl methyl sites for hydroxylation is 4. The van der Waals surface area contributed by atoms with Crippen molar-refractivity contribution in [2.24, 2.45) is 0 Å². The summed E-state index contributed by atoms with van der Waals surface area (Å²) >= 11 is 1.39. The lowest BCUT2D eigenvalue weighted by atomic mass is 10.0. The predicted octanol–water partition coefficient (Wildman–Crippen LogP) is 6.35. The predicted molar refractivity (Wildman–Crippen MR) is 131 cm³/mol. The summed E-state index contributed by atoms with van der Waals surface area (Å²) in [5, 5.41) is 4.57. The highest BCUT2D eigenvalue weighted by Gasteiger charge is 2.27. The summed E-state index contributed by atoms with van der Waals surface area (Å²) in [6, 6.07) is 16.0. The molecule has 1 N–H and O–H groups in total. The van der Waals surface area contributed by atoms with Gasteiger partial charge in [-0.25, -0.2) is 4.79 Å². The van der Waals surface area contributed by atoms with E-state index in [4.69, 9.17) is 4.74 Å². The largest absolute Gasteiger partial charge is 0.465 e. The third kappa shape index (κ3) is 3.60. The van der Waals surface area contributed by atoms with Gasteiger partial charge in [0.2, 0.25) is 0 Å². The van der Waals surface area contributed by atoms with Crippen LogP contribution in [0.1, 0.15) is 43.8 Å². The molecule has 164 valence electrons. The van der Waals surface area contributed by atoms with Crippen LogP contribution >= 0.6 is 11.3 Å². The van der Waals surface area contributed by atoms with Crippen molar-refractivity contribution in [3.05, 3.63) is 75.8 Å². The van der Waals surface area contributed by atoms with E-state index in [1.165, 1.54) is 18.4 Å². The maximum atomic E-state index is 13.5. The minimum absolute atomic E-state index is 0.234. The Morgan fingerprint density at radius 1 is 1.03 bits per heavy atom. The van der Waals surface area contributed by atoms with Crippen LogP contribution in [-0.2, 0) is 11.3 Å². The van der Waals surface area contributed by atoms with Crippen molar-refractivity contribution in [2.45, 2.75) is 34.2 Å². The van der Waals surface area contributed by atoms with Crippen molar-refractivity contribution >= 4 is 39.1 Å². The van der Waals surface area contributed by atoms with E-state index >= 15 is 0 Å². The second-order valence-corrected chi connectivity index (χ2v) is 9.01. The quantitative estimate of drug-likeness (QED) is 0.363. The first-order valence-corrected chi connectivity index (χ1v) is 11.4. The van der Waals surface area contributed by atoms with Crippen molar-refractivity contribution in [2.75, 3.05) is 12.4 Å². The minimum atomic E-state index is -0.465. The third-order valence-electron chi connectivity index (χ3n) is 5.80. The molecule has 4 aromatic rings. The van der Waals surface area contributed by atoms with E-state index in [0.717, 1.165) is 38.0 Å². The number of esters is 1. The highest BCUT2D eigenvalue weighted by atomic mass is 32.1. The third-order valence-corrected chi connectivity index (χ3v) is 6.82. The van der Waals surface area contributed by atoms with Crippen molar-refractivity contribution in [3.63, 3.8) is 0 Å². The van der Waals surface area contributed by atoms with Crippen molar-refractivity contribution in [3.8, 4) is 11.1 Å². The second-order valence-electron chi connectivity index (χ2n) is 7.78. The van der Waals surface area contributed by atoms with E-state index in [9.17, 15) is 9.59 Å². The number of aromatic nitrogens is 1. The van der Waals surface area contributed by atoms with Crippen LogP contribution in [0.2, 0.25) is 0 Å². The summed E-state index contributed by atoms with van der Waals surface area (Å²) in [5.74, 6) is -0.699. The van der Waals surface area contributed by atoms with Crippen LogP contribution in [0.5, 0.6) is 0 Å². The molecule has 0 atom stereocenters. The number of anilines is 1. The highest BCUT2D eigenvalue weighted by molar-refractivity contribution is 7.17. The average Bonchev–Trinajstić information content (AvgIpc) is 3.27. The van der Waals surface area contributed by atoms with Gasteiger partial charge >= 0.3 is 5.97 Å². The fourth-order valence-corrected chi connectivity index (χ4v) is 5.32. The molecule has 0 spiro atoms. The highest BCUT2D eigenvalue weighted by Crippen LogP contribution is 2.41. The number of thiophene rings is 1. The molecule has 0 aliphatic rings. The molecule has 4 rings (SSSR count). The van der Waals surface area contributed by atoms with E-state index in [0.29, 0.717) is 22.8 Å². The molecule has 0 bridgehead atoms. The Kier molecular flexibility index (Phi) is 5.89. The molecule has 0 aliphatic heterocycles. The number of methoxy groups -OCH3 is 1. The first kappa shape index (κ1) is 21.8. The molecule has 0 saturated carbocycles. The van der Waals surface area contributed by atoms with Gasteiger partial charge in [0.05, 0.1) is 7.11 Å². The molecule has 2 aromatic carbocycles. The molecule has 2 aromatic heterocycles. The summed E-state index contributed by atoms with van der Waals surface area (Å²) in [7, 11) is 1.36. The monoisotopic (exact) mass is 446 g/mol. The zero-order valence-electron chi connectivity index (χ0n) is 18.9. The number of ether oxygens (including phenoxy) is 1. The Hall–Kier alpha value is -3.38. The zero-order valence-corrected chi connectivity index (χ0v) is 19.7. The SMILES string of the molecule is CCn1c(C(=O)Nc2sc(C)c(-c3ccc(C)cc3)c2C(=O)OC)c(C)c2ccccc21. The normalized spacial score (nSPS) is 11.0. The van der Waals surface area contributed by atoms with Crippen LogP contribution < -0.4 is 5.32 Å². The van der Waals surface area contributed by atoms with E-state index in [1.54, 1.807) is 0 Å². The number of carbonyl (C=O) groups is 2. The van der Waals surface area contributed by atoms with Crippen LogP contribution in [0.3, 0.4) is 0 Å². The van der Waals surface area contributed by atoms with Crippen molar-refractivity contribution in [1.29, 1.82) is 0 Å². The summed E-state index contributed by atoms with van der Waals surface area (Å²) < 4.78 is 7.10. The Morgan fingerprint density at radius 3 is 2.38 bits per heavy atom. The molecule has 32 heavy (non-hydrogen) atoms. The molecule has 0 unspecified atom stereocenters. The molecular formula is C26H26N2O3S. The number of rotatable bonds is 5. The number of hydrogen-bond donors (Lipinski definition) is 1. The Balaban J connectivity index is 1.82. The van der Waals surface area contributed by atoms with Gasteiger partial charge in [-0.3, -0.25) is 4.79 Å². The lowest BCUT2D eigenvalue weighted by Crippen LogP contribution is -2.19. The van der Waals surface area contributed by atoms with Gasteiger partial charge in [-0.1, -0.05) is 48.0 Å². The smallest absolute Gasteiger partial charge is 0.341 e. The van der Waals surface area contributed by atoms with Gasteiger partial charge in [0.1, 0.15) is 16.3 Å². The van der Waals surface area contributed by atoms with E-state index in [2.05, 4.69) is 5.32 Å². The lowest BCUT2D eigenvalue weighted by molar-refractivity contribution is 0.0603. The van der Waals surface area contributed by atoms with Gasteiger partial charge in [-0.2, -0.15) is 0 Å². The lowest BCUT2D eigenvalue weighted by Gasteiger charge is -2.11. The fourth-order valence-electron chi connectivity index (χ4n) is 4.26. The number of carbonyl (C=O) groups excluding carboxylic acids is 2. The molecular weight excluding hydrogens is 420 g/mol. The van der Waals surface area contributed by atoms with Crippen LogP contribution in [0, 0.1) is 20.8 Å². The number of nitrogens with zero attached hydrogens (tertiary/aromatic N) is 1. The van der Waals surface area contributed by atoms with Gasteiger partial charge in [0.15, 0.2) is 0 Å². The second kappa shape index (κ2) is 8.63. The Bertz CT molecular complexity index is 1330. The van der Waals surface area contributed by atoms with E-state index < -0.39 is 5.97 Å². The molecule has 2 heterocycles. The fraction of sp³-hybridized carbons (Fsp3) is 0.231. The molecule has 1 amide bonds. The van der Waals surface area contributed by atoms with E-state index in [1.807, 2.05) is 80.8 Å². The number of hydrogen-bond acceptors (Lipinski definition) is 4. The van der Waals surface area contributed by atoms with Gasteiger partial charge < -0.3 is 14.6 Å². The van der Waals surface area contributed by atoms with Crippen molar-refractivity contribution < 1.29 is 14.3 Å². The van der Waals surface area contributed by atoms with Gasteiger partial charge in [-0.15, -0.1) is 11.3 Å². The number of nitrogens with one attached hydrogen (secondary N) is 1. The maximum Gasteiger partial charge on any atom is 0.341 e. The Morgan fingerprint density at radius 2 is 1.72 bits per heavy atom. The first-order valence-electron chi connectivity index (χ1n) is 10.5. The summed E-state index contributed by atoms with van der Waals surface area (Å²) in [5.41, 5.74) is 5.79. The molecule has 0 fully saturated rings. The molecule has 0 aliphatic carbocycles. The van der Waals surface area contributed by atoms with Crippen LogP contribution in [0.15, 0.2) is 48.5 Å². The van der Waals surface area contributed by atoms with Gasteiger partial charge in [0.25, 0.3) is 5.91 Å². The number of para-hydroxylation sites is 1. The summed E-state index contributed by atoms with van der Waals surface area (Å²) in [6.45, 7) is 8.62. The van der Waals surface area contributed by atoms with E-state index in [-0.39, 0.29) is 5.91 Å². The van der Waals surface area contributed by atoms with Crippen LogP contribution in [0.25, 0.3) is 22.0 Å². The van der Waals surface area contributed by atoms with Gasteiger partial charge in [-0.05, 0) is 44.9 Å². The number of fused-ring (bicyclic) bond motifs is 1. The molecule has 5 nitrogen and oxygen atoms in total. The number of benzene rings is 2. The van der Waals surface area contributed by atoms with Crippen LogP contribution in [-0.4, -0.2) is 23.6 Å². The maximum absolute atomic E-state index is 13.5. The van der Waals surface area contributed by atoms with Crippen LogP contribution in [0.4, 0.5) is 5.00 Å². The standard InChI is InChI=1S/C26H26N2O3S/c1-6-28-20-10-8-7-9-19(20)16(3)23(28)24(29)27-25-22(26(30)31-5)21(17(4)32-25)18-13-11-15(2)12-14-18/h7-14H,6H2,1-5H3,(H,27,29). The summed E-state index contributed by atoms with van der Waals surface area (Å²) in [4.78, 5) is 27.2. The van der Waals surface area contributed by atoms with Crippen molar-refractivity contribution in [1.82, 2.24) is 4.57 Å². The average molecular weight is 447 g/mol. The minimum Gasteiger partial charge on any atom is -0.465 e. The first-order chi connectivity index (χ1) is 15.4.